The summed E-state index contributed by atoms with van der Waals surface area (Å²) in [7, 11) is 0. The number of carbonyl (C=O) groups excluding carboxylic acids is 4. The molecule has 12 nitrogen and oxygen atoms in total. The van der Waals surface area contributed by atoms with Crippen molar-refractivity contribution in [1.29, 1.82) is 0 Å². The van der Waals surface area contributed by atoms with E-state index in [-0.39, 0.29) is 31.8 Å². The fourth-order valence-corrected chi connectivity index (χ4v) is 4.02. The van der Waals surface area contributed by atoms with Crippen molar-refractivity contribution in [1.82, 2.24) is 16.0 Å². The largest absolute Gasteiger partial charge is 0.450 e. The van der Waals surface area contributed by atoms with Gasteiger partial charge < -0.3 is 35.7 Å². The standard InChI is InChI=1S/C27H42N4O8/c1-4-37-27(36)30-21(14-18-9-6-5-7-10-18)25(34)29-20(13-17(2)3)26(35)31-23(33)16-22(32)19(28)15-24-38-11-8-12-39-24/h5-7,9-10,17,19-22,24,32H,4,8,11-16,28H2,1-3H3,(H,29,34)(H,30,36)(H,31,33,35)/t19?,20-,21-,22?/m0/s1. The molecule has 0 radical (unpaired) electrons. The van der Waals surface area contributed by atoms with Gasteiger partial charge >= 0.3 is 6.09 Å². The summed E-state index contributed by atoms with van der Waals surface area (Å²) >= 11 is 0. The summed E-state index contributed by atoms with van der Waals surface area (Å²) in [6.45, 7) is 6.57. The maximum absolute atomic E-state index is 13.2. The zero-order chi connectivity index (χ0) is 28.8. The van der Waals surface area contributed by atoms with E-state index in [1.165, 1.54) is 0 Å². The van der Waals surface area contributed by atoms with Gasteiger partial charge in [-0.05, 0) is 31.2 Å². The summed E-state index contributed by atoms with van der Waals surface area (Å²) in [6, 6.07) is 6.20. The van der Waals surface area contributed by atoms with Gasteiger partial charge in [0.15, 0.2) is 6.29 Å². The minimum atomic E-state index is -1.23. The van der Waals surface area contributed by atoms with Crippen LogP contribution in [0.3, 0.4) is 0 Å². The van der Waals surface area contributed by atoms with Crippen LogP contribution in [0.5, 0.6) is 0 Å². The predicted molar refractivity (Wildman–Crippen MR) is 142 cm³/mol. The molecule has 6 N–H and O–H groups in total. The van der Waals surface area contributed by atoms with Gasteiger partial charge in [-0.15, -0.1) is 0 Å². The number of ether oxygens (including phenoxy) is 3. The summed E-state index contributed by atoms with van der Waals surface area (Å²) in [4.78, 5) is 50.8. The number of amides is 4. The summed E-state index contributed by atoms with van der Waals surface area (Å²) in [6.07, 6.45) is -1.57. The fourth-order valence-electron chi connectivity index (χ4n) is 4.02. The Bertz CT molecular complexity index is 924. The second-order valence-corrected chi connectivity index (χ2v) is 9.91. The van der Waals surface area contributed by atoms with E-state index in [1.807, 2.05) is 44.2 Å². The van der Waals surface area contributed by atoms with Crippen molar-refractivity contribution in [3.8, 4) is 0 Å². The monoisotopic (exact) mass is 550 g/mol. The van der Waals surface area contributed by atoms with Crippen LogP contribution >= 0.6 is 0 Å². The lowest BCUT2D eigenvalue weighted by molar-refractivity contribution is -0.185. The van der Waals surface area contributed by atoms with Crippen molar-refractivity contribution in [2.24, 2.45) is 11.7 Å². The maximum Gasteiger partial charge on any atom is 0.407 e. The number of imide groups is 1. The molecule has 0 aliphatic carbocycles. The number of hydrogen-bond acceptors (Lipinski definition) is 9. The van der Waals surface area contributed by atoms with Crippen LogP contribution in [0, 0.1) is 5.92 Å². The molecule has 218 valence electrons. The third-order valence-electron chi connectivity index (χ3n) is 6.02. The molecule has 1 aliphatic rings. The Morgan fingerprint density at radius 1 is 1.05 bits per heavy atom. The number of nitrogens with one attached hydrogen (secondary N) is 3. The average Bonchev–Trinajstić information content (AvgIpc) is 2.88. The van der Waals surface area contributed by atoms with Crippen LogP contribution in [-0.4, -0.2) is 79.3 Å². The number of hydrogen-bond donors (Lipinski definition) is 5. The Balaban J connectivity index is 2.00. The first-order valence-corrected chi connectivity index (χ1v) is 13.4. The molecule has 0 bridgehead atoms. The summed E-state index contributed by atoms with van der Waals surface area (Å²) < 4.78 is 15.8. The first kappa shape index (κ1) is 32.2. The third kappa shape index (κ3) is 12.1. The second-order valence-electron chi connectivity index (χ2n) is 9.91. The molecule has 1 aromatic rings. The molecule has 0 spiro atoms. The highest BCUT2D eigenvalue weighted by Crippen LogP contribution is 2.13. The number of aliphatic hydroxyl groups excluding tert-OH is 1. The number of nitrogens with two attached hydrogens (primary N) is 1. The lowest BCUT2D eigenvalue weighted by Crippen LogP contribution is -2.55. The predicted octanol–water partition coefficient (Wildman–Crippen LogP) is 0.749. The Morgan fingerprint density at radius 3 is 2.33 bits per heavy atom. The van der Waals surface area contributed by atoms with E-state index in [4.69, 9.17) is 19.9 Å². The van der Waals surface area contributed by atoms with Crippen LogP contribution in [0.4, 0.5) is 4.79 Å². The highest BCUT2D eigenvalue weighted by Gasteiger charge is 2.30. The molecule has 4 amide bonds. The molecule has 1 fully saturated rings. The maximum atomic E-state index is 13.2. The molecule has 2 unspecified atom stereocenters. The van der Waals surface area contributed by atoms with Gasteiger partial charge in [-0.25, -0.2) is 4.79 Å². The van der Waals surface area contributed by atoms with Crippen LogP contribution in [0.1, 0.15) is 52.0 Å². The van der Waals surface area contributed by atoms with Crippen molar-refractivity contribution in [2.75, 3.05) is 19.8 Å². The molecule has 1 aliphatic heterocycles. The van der Waals surface area contributed by atoms with Crippen molar-refractivity contribution in [2.45, 2.75) is 83.4 Å². The van der Waals surface area contributed by atoms with Crippen LogP contribution in [0.2, 0.25) is 0 Å². The van der Waals surface area contributed by atoms with E-state index in [0.29, 0.717) is 13.2 Å². The Labute approximate surface area is 229 Å². The molecule has 1 aromatic carbocycles. The number of benzene rings is 1. The van der Waals surface area contributed by atoms with Gasteiger partial charge in [-0.1, -0.05) is 44.2 Å². The van der Waals surface area contributed by atoms with Gasteiger partial charge in [0.25, 0.3) is 0 Å². The molecule has 0 saturated carbocycles. The fraction of sp³-hybridized carbons (Fsp3) is 0.630. The van der Waals surface area contributed by atoms with Crippen LogP contribution < -0.4 is 21.7 Å². The molecular formula is C27H42N4O8. The summed E-state index contributed by atoms with van der Waals surface area (Å²) in [5, 5.41) is 17.8. The molecule has 0 aromatic heterocycles. The Kier molecular flexibility index (Phi) is 13.9. The van der Waals surface area contributed by atoms with Gasteiger partial charge in [0, 0.05) is 18.9 Å². The van der Waals surface area contributed by atoms with Crippen molar-refractivity contribution in [3.05, 3.63) is 35.9 Å². The summed E-state index contributed by atoms with van der Waals surface area (Å²) in [5.74, 6) is -2.07. The Morgan fingerprint density at radius 2 is 1.72 bits per heavy atom. The quantitative estimate of drug-likeness (QED) is 0.223. The van der Waals surface area contributed by atoms with Gasteiger partial charge in [-0.2, -0.15) is 0 Å². The van der Waals surface area contributed by atoms with E-state index < -0.39 is 60.8 Å². The highest BCUT2D eigenvalue weighted by molar-refractivity contribution is 6.00. The molecule has 39 heavy (non-hydrogen) atoms. The van der Waals surface area contributed by atoms with Gasteiger partial charge in [-0.3, -0.25) is 19.7 Å². The van der Waals surface area contributed by atoms with Crippen LogP contribution in [0.15, 0.2) is 30.3 Å². The zero-order valence-corrected chi connectivity index (χ0v) is 22.9. The topological polar surface area (TPSA) is 178 Å². The average molecular weight is 551 g/mol. The second kappa shape index (κ2) is 16.8. The summed E-state index contributed by atoms with van der Waals surface area (Å²) in [5.41, 5.74) is 6.80. The molecular weight excluding hydrogens is 508 g/mol. The van der Waals surface area contributed by atoms with E-state index in [0.717, 1.165) is 12.0 Å². The van der Waals surface area contributed by atoms with Crippen LogP contribution in [-0.2, 0) is 35.0 Å². The third-order valence-corrected chi connectivity index (χ3v) is 6.02. The van der Waals surface area contributed by atoms with Gasteiger partial charge in [0.1, 0.15) is 12.1 Å². The minimum absolute atomic E-state index is 0.00347. The zero-order valence-electron chi connectivity index (χ0n) is 22.9. The lowest BCUT2D eigenvalue weighted by atomic mass is 10.0. The van der Waals surface area contributed by atoms with Gasteiger partial charge in [0.05, 0.1) is 32.3 Å². The molecule has 2 rings (SSSR count). The highest BCUT2D eigenvalue weighted by atomic mass is 16.7. The smallest absolute Gasteiger partial charge is 0.407 e. The lowest BCUT2D eigenvalue weighted by Gasteiger charge is -2.27. The molecule has 1 saturated heterocycles. The number of aliphatic hydroxyl groups is 1. The van der Waals surface area contributed by atoms with Crippen molar-refractivity contribution in [3.63, 3.8) is 0 Å². The Hall–Kier alpha value is -3.06. The van der Waals surface area contributed by atoms with E-state index >= 15 is 0 Å². The number of alkyl carbamates (subject to hydrolysis) is 1. The normalized spacial score (nSPS) is 17.0. The number of rotatable bonds is 14. The molecule has 1 heterocycles. The van der Waals surface area contributed by atoms with E-state index in [2.05, 4.69) is 16.0 Å². The first-order valence-electron chi connectivity index (χ1n) is 13.4. The van der Waals surface area contributed by atoms with Crippen LogP contribution in [0.25, 0.3) is 0 Å². The van der Waals surface area contributed by atoms with Crippen molar-refractivity contribution >= 4 is 23.8 Å². The van der Waals surface area contributed by atoms with Crippen molar-refractivity contribution < 1.29 is 38.5 Å². The minimum Gasteiger partial charge on any atom is -0.450 e. The first-order chi connectivity index (χ1) is 18.6. The van der Waals surface area contributed by atoms with E-state index in [9.17, 15) is 24.3 Å². The molecule has 12 heteroatoms. The van der Waals surface area contributed by atoms with E-state index in [1.54, 1.807) is 6.92 Å². The SMILES string of the molecule is CCOC(=O)N[C@@H](Cc1ccccc1)C(=O)N[C@@H](CC(C)C)C(=O)NC(=O)CC(O)C(N)CC1OCCCO1. The molecule has 4 atom stereocenters. The van der Waals surface area contributed by atoms with Gasteiger partial charge in [0.2, 0.25) is 17.7 Å². The number of carbonyl (C=O) groups is 4.